The maximum absolute atomic E-state index is 12.6. The van der Waals surface area contributed by atoms with E-state index in [4.69, 9.17) is 11.6 Å². The lowest BCUT2D eigenvalue weighted by molar-refractivity contribution is -0.123. The molecule has 116 valence electrons. The van der Waals surface area contributed by atoms with Gasteiger partial charge in [-0.3, -0.25) is 9.48 Å². The van der Waals surface area contributed by atoms with E-state index >= 15 is 0 Å². The van der Waals surface area contributed by atoms with Crippen LogP contribution in [0.2, 0.25) is 5.02 Å². The smallest absolute Gasteiger partial charge is 0.242 e. The van der Waals surface area contributed by atoms with E-state index in [2.05, 4.69) is 15.7 Å². The topological polar surface area (TPSA) is 59.0 Å². The molecule has 6 heteroatoms. The second kappa shape index (κ2) is 6.10. The highest BCUT2D eigenvalue weighted by Crippen LogP contribution is 2.33. The molecule has 2 unspecified atom stereocenters. The van der Waals surface area contributed by atoms with Crippen LogP contribution in [0.4, 0.5) is 0 Å². The van der Waals surface area contributed by atoms with Crippen LogP contribution in [-0.2, 0) is 18.3 Å². The summed E-state index contributed by atoms with van der Waals surface area (Å²) in [5.74, 6) is -0.0386. The molecular weight excluding hydrogens is 300 g/mol. The third kappa shape index (κ3) is 2.87. The second-order valence-electron chi connectivity index (χ2n) is 5.61. The van der Waals surface area contributed by atoms with Gasteiger partial charge in [0.05, 0.1) is 12.2 Å². The first kappa shape index (κ1) is 15.1. The lowest BCUT2D eigenvalue weighted by Crippen LogP contribution is -2.37. The third-order valence-electron chi connectivity index (χ3n) is 4.11. The van der Waals surface area contributed by atoms with E-state index in [1.54, 1.807) is 17.9 Å². The van der Waals surface area contributed by atoms with Gasteiger partial charge in [0, 0.05) is 23.8 Å². The molecule has 1 heterocycles. The monoisotopic (exact) mass is 318 g/mol. The highest BCUT2D eigenvalue weighted by Gasteiger charge is 2.27. The molecule has 2 aromatic rings. The molecule has 1 aliphatic carbocycles. The number of halogens is 1. The van der Waals surface area contributed by atoms with Crippen LogP contribution < -0.4 is 10.6 Å². The number of amides is 1. The molecule has 0 saturated carbocycles. The Bertz CT molecular complexity index is 697. The summed E-state index contributed by atoms with van der Waals surface area (Å²) in [6.45, 7) is 0. The molecule has 0 aliphatic heterocycles. The van der Waals surface area contributed by atoms with E-state index in [0.29, 0.717) is 0 Å². The van der Waals surface area contributed by atoms with Gasteiger partial charge in [-0.2, -0.15) is 5.10 Å². The van der Waals surface area contributed by atoms with Gasteiger partial charge in [0.25, 0.3) is 0 Å². The molecule has 0 fully saturated rings. The van der Waals surface area contributed by atoms with Crippen molar-refractivity contribution in [2.24, 2.45) is 7.05 Å². The Hall–Kier alpha value is -1.85. The van der Waals surface area contributed by atoms with Gasteiger partial charge in [0.1, 0.15) is 6.04 Å². The maximum atomic E-state index is 12.6. The summed E-state index contributed by atoms with van der Waals surface area (Å²) in [4.78, 5) is 12.6. The Morgan fingerprint density at radius 2 is 2.32 bits per heavy atom. The summed E-state index contributed by atoms with van der Waals surface area (Å²) in [6.07, 6.45) is 5.41. The number of rotatable bonds is 4. The van der Waals surface area contributed by atoms with Crippen LogP contribution in [0.15, 0.2) is 30.6 Å². The first-order valence-electron chi connectivity index (χ1n) is 7.33. The molecule has 2 N–H and O–H groups in total. The zero-order valence-electron chi connectivity index (χ0n) is 12.6. The Kier molecular flexibility index (Phi) is 4.18. The number of nitrogens with one attached hydrogen (secondary N) is 2. The Labute approximate surface area is 134 Å². The van der Waals surface area contributed by atoms with E-state index in [1.165, 1.54) is 11.1 Å². The fourth-order valence-corrected chi connectivity index (χ4v) is 3.22. The first-order chi connectivity index (χ1) is 10.6. The largest absolute Gasteiger partial charge is 0.348 e. The number of benzene rings is 1. The molecular formula is C16H19ClN4O. The van der Waals surface area contributed by atoms with Gasteiger partial charge in [-0.1, -0.05) is 17.7 Å². The van der Waals surface area contributed by atoms with Gasteiger partial charge in [0.2, 0.25) is 5.91 Å². The lowest BCUT2D eigenvalue weighted by atomic mass is 10.1. The number of aromatic nitrogens is 2. The minimum atomic E-state index is -0.398. The molecule has 2 atom stereocenters. The number of likely N-dealkylation sites (N-methyl/N-ethyl adjacent to an activating group) is 1. The van der Waals surface area contributed by atoms with E-state index in [9.17, 15) is 4.79 Å². The lowest BCUT2D eigenvalue weighted by Gasteiger charge is -2.19. The van der Waals surface area contributed by atoms with Gasteiger partial charge >= 0.3 is 0 Å². The SMILES string of the molecule is CNC(C(=O)NC1CCc2cc(Cl)ccc21)c1cnn(C)c1. The van der Waals surface area contributed by atoms with Crippen LogP contribution in [0.1, 0.15) is 35.2 Å². The highest BCUT2D eigenvalue weighted by molar-refractivity contribution is 6.30. The summed E-state index contributed by atoms with van der Waals surface area (Å²) in [5, 5.41) is 11.1. The molecule has 1 amide bonds. The summed E-state index contributed by atoms with van der Waals surface area (Å²) in [5.41, 5.74) is 3.25. The number of fused-ring (bicyclic) bond motifs is 1. The van der Waals surface area contributed by atoms with Crippen molar-refractivity contribution in [1.82, 2.24) is 20.4 Å². The van der Waals surface area contributed by atoms with Gasteiger partial charge in [-0.25, -0.2) is 0 Å². The first-order valence-corrected chi connectivity index (χ1v) is 7.71. The minimum absolute atomic E-state index is 0.0386. The maximum Gasteiger partial charge on any atom is 0.242 e. The molecule has 1 aromatic carbocycles. The molecule has 3 rings (SSSR count). The van der Waals surface area contributed by atoms with Crippen LogP contribution in [0.5, 0.6) is 0 Å². The zero-order valence-corrected chi connectivity index (χ0v) is 13.4. The molecule has 0 spiro atoms. The third-order valence-corrected chi connectivity index (χ3v) is 4.34. The molecule has 0 saturated heterocycles. The fourth-order valence-electron chi connectivity index (χ4n) is 3.03. The van der Waals surface area contributed by atoms with Crippen LogP contribution in [0.25, 0.3) is 0 Å². The van der Waals surface area contributed by atoms with Crippen molar-refractivity contribution in [2.45, 2.75) is 24.9 Å². The predicted octanol–water partition coefficient (Wildman–Crippen LogP) is 2.14. The Morgan fingerprint density at radius 3 is 3.00 bits per heavy atom. The molecule has 0 radical (unpaired) electrons. The second-order valence-corrected chi connectivity index (χ2v) is 6.05. The van der Waals surface area contributed by atoms with Gasteiger partial charge in [-0.15, -0.1) is 0 Å². The van der Waals surface area contributed by atoms with Crippen molar-refractivity contribution >= 4 is 17.5 Å². The van der Waals surface area contributed by atoms with Gasteiger partial charge in [-0.05, 0) is 43.1 Å². The van der Waals surface area contributed by atoms with Crippen molar-refractivity contribution in [3.05, 3.63) is 52.3 Å². The van der Waals surface area contributed by atoms with Crippen LogP contribution in [0.3, 0.4) is 0 Å². The van der Waals surface area contributed by atoms with Crippen molar-refractivity contribution in [1.29, 1.82) is 0 Å². The van der Waals surface area contributed by atoms with Gasteiger partial charge < -0.3 is 10.6 Å². The number of hydrogen-bond donors (Lipinski definition) is 2. The Balaban J connectivity index is 1.75. The molecule has 5 nitrogen and oxygen atoms in total. The molecule has 0 bridgehead atoms. The molecule has 22 heavy (non-hydrogen) atoms. The average Bonchev–Trinajstić information content (AvgIpc) is 3.07. The van der Waals surface area contributed by atoms with E-state index in [0.717, 1.165) is 23.4 Å². The number of hydrogen-bond acceptors (Lipinski definition) is 3. The number of carbonyl (C=O) groups excluding carboxylic acids is 1. The van der Waals surface area contributed by atoms with Crippen molar-refractivity contribution in [3.63, 3.8) is 0 Å². The van der Waals surface area contributed by atoms with Crippen molar-refractivity contribution in [2.75, 3.05) is 7.05 Å². The van der Waals surface area contributed by atoms with Crippen molar-refractivity contribution in [3.8, 4) is 0 Å². The molecule has 1 aromatic heterocycles. The van der Waals surface area contributed by atoms with E-state index < -0.39 is 6.04 Å². The predicted molar refractivity (Wildman–Crippen MR) is 85.7 cm³/mol. The normalized spacial score (nSPS) is 18.0. The van der Waals surface area contributed by atoms with Crippen molar-refractivity contribution < 1.29 is 4.79 Å². The number of aryl methyl sites for hydroxylation is 2. The number of carbonyl (C=O) groups is 1. The van der Waals surface area contributed by atoms with Crippen LogP contribution in [-0.4, -0.2) is 22.7 Å². The van der Waals surface area contributed by atoms with E-state index in [-0.39, 0.29) is 11.9 Å². The van der Waals surface area contributed by atoms with Crippen LogP contribution >= 0.6 is 11.6 Å². The average molecular weight is 319 g/mol. The summed E-state index contributed by atoms with van der Waals surface area (Å²) < 4.78 is 1.69. The number of nitrogens with zero attached hydrogens (tertiary/aromatic N) is 2. The summed E-state index contributed by atoms with van der Waals surface area (Å²) in [7, 11) is 3.62. The molecule has 1 aliphatic rings. The van der Waals surface area contributed by atoms with Gasteiger partial charge in [0.15, 0.2) is 0 Å². The summed E-state index contributed by atoms with van der Waals surface area (Å²) in [6, 6.07) is 5.52. The quantitative estimate of drug-likeness (QED) is 0.908. The fraction of sp³-hybridized carbons (Fsp3) is 0.375. The van der Waals surface area contributed by atoms with Crippen LogP contribution in [0, 0.1) is 0 Å². The summed E-state index contributed by atoms with van der Waals surface area (Å²) >= 11 is 6.03. The Morgan fingerprint density at radius 1 is 1.50 bits per heavy atom. The highest BCUT2D eigenvalue weighted by atomic mass is 35.5. The standard InChI is InChI=1S/C16H19ClN4O/c1-18-15(11-8-19-21(2)9-11)16(22)20-14-6-3-10-7-12(17)4-5-13(10)14/h4-5,7-9,14-15,18H,3,6H2,1-2H3,(H,20,22). The minimum Gasteiger partial charge on any atom is -0.348 e. The van der Waals surface area contributed by atoms with E-state index in [1.807, 2.05) is 31.4 Å². The zero-order chi connectivity index (χ0) is 15.7.